The molecule has 0 aliphatic rings. The molecule has 0 spiro atoms. The van der Waals surface area contributed by atoms with Gasteiger partial charge in [0.25, 0.3) is 0 Å². The highest BCUT2D eigenvalue weighted by Crippen LogP contribution is 2.44. The number of hydrogen-bond acceptors (Lipinski definition) is 1. The molecule has 0 saturated carbocycles. The van der Waals surface area contributed by atoms with Gasteiger partial charge in [0.1, 0.15) is 0 Å². The molecule has 128 valence electrons. The van der Waals surface area contributed by atoms with Crippen molar-refractivity contribution in [2.45, 2.75) is 105 Å². The zero-order valence-corrected chi connectivity index (χ0v) is 19.0. The second kappa shape index (κ2) is 6.48. The van der Waals surface area contributed by atoms with Crippen LogP contribution in [0.5, 0.6) is 0 Å². The highest BCUT2D eigenvalue weighted by molar-refractivity contribution is 6.76. The molecule has 0 radical (unpaired) electrons. The summed E-state index contributed by atoms with van der Waals surface area (Å²) in [5, 5.41) is 0. The molecule has 0 saturated heterocycles. The van der Waals surface area contributed by atoms with Gasteiger partial charge in [0, 0.05) is 8.07 Å². The lowest BCUT2D eigenvalue weighted by atomic mass is 9.71. The Morgan fingerprint density at radius 1 is 0.667 bits per heavy atom. The summed E-state index contributed by atoms with van der Waals surface area (Å²) < 4.78 is 6.42. The van der Waals surface area contributed by atoms with Crippen molar-refractivity contribution in [2.24, 2.45) is 10.8 Å². The molecule has 0 aliphatic heterocycles. The molecule has 0 unspecified atom stereocenters. The Labute approximate surface area is 137 Å². The summed E-state index contributed by atoms with van der Waals surface area (Å²) in [5.74, 6) is 0. The van der Waals surface area contributed by atoms with Gasteiger partial charge >= 0.3 is 0 Å². The Bertz CT molecular complexity index is 298. The van der Waals surface area contributed by atoms with Crippen LogP contribution < -0.4 is 0 Å². The van der Waals surface area contributed by atoms with Crippen molar-refractivity contribution in [1.29, 1.82) is 0 Å². The Kier molecular flexibility index (Phi) is 6.61. The predicted octanol–water partition coefficient (Wildman–Crippen LogP) is 6.79. The van der Waals surface area contributed by atoms with Crippen LogP contribution >= 0.6 is 0 Å². The van der Waals surface area contributed by atoms with Crippen molar-refractivity contribution in [3.63, 3.8) is 0 Å². The van der Waals surface area contributed by atoms with E-state index in [1.807, 2.05) is 0 Å². The van der Waals surface area contributed by atoms with Gasteiger partial charge in [-0.3, -0.25) is 0 Å². The van der Waals surface area contributed by atoms with Crippen LogP contribution in [0, 0.1) is 10.8 Å². The molecule has 0 fully saturated rings. The number of hydrogen-bond donors (Lipinski definition) is 0. The van der Waals surface area contributed by atoms with E-state index < -0.39 is 16.4 Å². The highest BCUT2D eigenvalue weighted by atomic mass is 28.4. The highest BCUT2D eigenvalue weighted by Gasteiger charge is 2.37. The quantitative estimate of drug-likeness (QED) is 0.445. The zero-order chi connectivity index (χ0) is 17.3. The molecule has 0 aliphatic carbocycles. The minimum absolute atomic E-state index is 0.0107. The van der Waals surface area contributed by atoms with E-state index in [-0.39, 0.29) is 5.60 Å². The van der Waals surface area contributed by atoms with Gasteiger partial charge in [0.2, 0.25) is 0 Å². The second-order valence-corrected chi connectivity index (χ2v) is 21.3. The second-order valence-electron chi connectivity index (χ2n) is 11.4. The van der Waals surface area contributed by atoms with Crippen LogP contribution in [0.3, 0.4) is 0 Å². The fourth-order valence-electron chi connectivity index (χ4n) is 4.87. The van der Waals surface area contributed by atoms with E-state index in [1.54, 1.807) is 0 Å². The van der Waals surface area contributed by atoms with Gasteiger partial charge in [0.15, 0.2) is 8.32 Å². The van der Waals surface area contributed by atoms with E-state index in [0.717, 1.165) is 6.42 Å². The van der Waals surface area contributed by atoms with Crippen molar-refractivity contribution in [2.75, 3.05) is 0 Å². The topological polar surface area (TPSA) is 9.23 Å². The van der Waals surface area contributed by atoms with Crippen LogP contribution in [-0.4, -0.2) is 22.0 Å². The van der Waals surface area contributed by atoms with Gasteiger partial charge in [-0.05, 0) is 57.2 Å². The fraction of sp³-hybridized carbons (Fsp3) is 1.00. The van der Waals surface area contributed by atoms with Crippen molar-refractivity contribution in [3.05, 3.63) is 0 Å². The van der Waals surface area contributed by atoms with Gasteiger partial charge in [-0.2, -0.15) is 0 Å². The molecule has 0 heterocycles. The first-order chi connectivity index (χ1) is 8.83. The molecule has 0 amide bonds. The van der Waals surface area contributed by atoms with Crippen LogP contribution in [0.2, 0.25) is 45.3 Å². The van der Waals surface area contributed by atoms with E-state index in [4.69, 9.17) is 4.43 Å². The monoisotopic (exact) mass is 330 g/mol. The van der Waals surface area contributed by atoms with Crippen LogP contribution in [0.4, 0.5) is 0 Å². The smallest absolute Gasteiger partial charge is 0.184 e. The van der Waals surface area contributed by atoms with Crippen molar-refractivity contribution in [1.82, 2.24) is 0 Å². The predicted molar refractivity (Wildman–Crippen MR) is 103 cm³/mol. The first kappa shape index (κ1) is 21.4. The van der Waals surface area contributed by atoms with Crippen molar-refractivity contribution in [3.8, 4) is 0 Å². The maximum atomic E-state index is 6.42. The first-order valence-electron chi connectivity index (χ1n) is 8.53. The lowest BCUT2D eigenvalue weighted by Gasteiger charge is -2.43. The maximum absolute atomic E-state index is 6.42. The van der Waals surface area contributed by atoms with Crippen LogP contribution in [0.15, 0.2) is 0 Å². The zero-order valence-electron chi connectivity index (χ0n) is 17.0. The molecule has 0 atom stereocenters. The number of rotatable bonds is 8. The first-order valence-corrected chi connectivity index (χ1v) is 15.6. The van der Waals surface area contributed by atoms with Gasteiger partial charge in [-0.25, -0.2) is 0 Å². The molecule has 0 N–H and O–H groups in total. The summed E-state index contributed by atoms with van der Waals surface area (Å²) in [5.41, 5.74) is 0.749. The molecule has 0 aromatic carbocycles. The van der Waals surface area contributed by atoms with Crippen molar-refractivity contribution >= 4 is 16.4 Å². The molecule has 0 rings (SSSR count). The van der Waals surface area contributed by atoms with E-state index in [1.165, 1.54) is 12.5 Å². The maximum Gasteiger partial charge on any atom is 0.184 e. The SMILES string of the molecule is CC(C)(CC(C)(C)C[Si](C)(C)C)CC(C)(C)O[Si](C)(C)C. The molecule has 0 bridgehead atoms. The summed E-state index contributed by atoms with van der Waals surface area (Å²) in [6.45, 7) is 28.6. The van der Waals surface area contributed by atoms with Crippen molar-refractivity contribution < 1.29 is 4.43 Å². The third-order valence-corrected chi connectivity index (χ3v) is 6.64. The fourth-order valence-corrected chi connectivity index (χ4v) is 9.60. The van der Waals surface area contributed by atoms with Gasteiger partial charge in [0.05, 0.1) is 5.60 Å². The lowest BCUT2D eigenvalue weighted by molar-refractivity contribution is 0.0344. The average molecular weight is 331 g/mol. The Hall–Kier alpha value is 0.394. The summed E-state index contributed by atoms with van der Waals surface area (Å²) in [7, 11) is -2.50. The standard InChI is InChI=1S/C18H42OSi2/c1-16(2,13-17(3,4)15-20(7,8)9)14-18(5,6)19-21(10,11)12/h13-15H2,1-12H3. The lowest BCUT2D eigenvalue weighted by Crippen LogP contribution is -2.42. The summed E-state index contributed by atoms with van der Waals surface area (Å²) in [6.07, 6.45) is 2.42. The summed E-state index contributed by atoms with van der Waals surface area (Å²) >= 11 is 0. The molecule has 21 heavy (non-hydrogen) atoms. The third kappa shape index (κ3) is 11.6. The third-order valence-electron chi connectivity index (χ3n) is 3.45. The van der Waals surface area contributed by atoms with Gasteiger partial charge in [-0.1, -0.05) is 53.4 Å². The van der Waals surface area contributed by atoms with Gasteiger partial charge < -0.3 is 4.43 Å². The molecule has 1 nitrogen and oxygen atoms in total. The van der Waals surface area contributed by atoms with E-state index in [9.17, 15) is 0 Å². The van der Waals surface area contributed by atoms with E-state index >= 15 is 0 Å². The van der Waals surface area contributed by atoms with E-state index in [2.05, 4.69) is 80.8 Å². The minimum atomic E-state index is -1.48. The molecular weight excluding hydrogens is 288 g/mol. The Morgan fingerprint density at radius 3 is 1.43 bits per heavy atom. The summed E-state index contributed by atoms with van der Waals surface area (Å²) in [6, 6.07) is 1.40. The van der Waals surface area contributed by atoms with Crippen LogP contribution in [0.1, 0.15) is 54.4 Å². The van der Waals surface area contributed by atoms with Gasteiger partial charge in [-0.15, -0.1) is 0 Å². The summed E-state index contributed by atoms with van der Waals surface area (Å²) in [4.78, 5) is 0. The van der Waals surface area contributed by atoms with Crippen LogP contribution in [0.25, 0.3) is 0 Å². The Balaban J connectivity index is 4.83. The molecule has 0 aromatic heterocycles. The minimum Gasteiger partial charge on any atom is -0.413 e. The molecule has 3 heteroatoms. The molecule has 0 aromatic rings. The Morgan fingerprint density at radius 2 is 1.10 bits per heavy atom. The average Bonchev–Trinajstić information content (AvgIpc) is 1.83. The largest absolute Gasteiger partial charge is 0.413 e. The van der Waals surface area contributed by atoms with E-state index in [0.29, 0.717) is 10.8 Å². The van der Waals surface area contributed by atoms with Crippen LogP contribution in [-0.2, 0) is 4.43 Å². The molecular formula is C18H42OSi2. The normalized spacial score (nSPS) is 15.4.